The third-order valence-electron chi connectivity index (χ3n) is 3.33. The van der Waals surface area contributed by atoms with Crippen LogP contribution in [0.3, 0.4) is 0 Å². The van der Waals surface area contributed by atoms with Crippen molar-refractivity contribution in [3.8, 4) is 59.7 Å². The number of terminal acetylenes is 1. The molecule has 0 aliphatic rings. The topological polar surface area (TPSA) is 57.5 Å². The number of carbonyl (C=O) groups is 1. The van der Waals surface area contributed by atoms with Crippen LogP contribution in [0.25, 0.3) is 0 Å². The van der Waals surface area contributed by atoms with E-state index >= 15 is 0 Å². The van der Waals surface area contributed by atoms with Crippen LogP contribution < -0.4 is 0 Å². The van der Waals surface area contributed by atoms with Crippen LogP contribution in [0, 0.1) is 59.7 Å². The van der Waals surface area contributed by atoms with Gasteiger partial charge in [0.2, 0.25) is 6.10 Å². The van der Waals surface area contributed by atoms with Crippen molar-refractivity contribution in [1.82, 2.24) is 0 Å². The average molecular weight is 362 g/mol. The summed E-state index contributed by atoms with van der Waals surface area (Å²) in [5, 5.41) is 17.4. The molecule has 0 bridgehead atoms. The molecule has 0 aromatic heterocycles. The number of hydrogen-bond donors (Lipinski definition) is 2. The predicted molar refractivity (Wildman–Crippen MR) is 109 cm³/mol. The highest BCUT2D eigenvalue weighted by Crippen LogP contribution is 2.06. The summed E-state index contributed by atoms with van der Waals surface area (Å²) < 4.78 is 0. The zero-order chi connectivity index (χ0) is 20.0. The standard InChI is InChI=1S/C24H26O3/c1-2-3-4-5-6-7-8-9-10-11-12-13-14-15-16-17-18-19-20-21-22-23(25)24(26)27/h1,3-4,23,25H,5-7,14-20H2,(H,26,27)/b4-3+. The molecule has 0 spiro atoms. The van der Waals surface area contributed by atoms with E-state index in [-0.39, 0.29) is 0 Å². The molecule has 0 rings (SSSR count). The number of carboxylic acids is 1. The summed E-state index contributed by atoms with van der Waals surface area (Å²) in [5.41, 5.74) is 0. The molecule has 0 aliphatic carbocycles. The number of rotatable bonds is 10. The van der Waals surface area contributed by atoms with Gasteiger partial charge in [0.05, 0.1) is 0 Å². The lowest BCUT2D eigenvalue weighted by Gasteiger charge is -1.96. The molecule has 0 radical (unpaired) electrons. The fraction of sp³-hybridized carbons (Fsp3) is 0.458. The number of aliphatic hydroxyl groups is 1. The molecule has 1 atom stereocenters. The van der Waals surface area contributed by atoms with Gasteiger partial charge in [0.25, 0.3) is 0 Å². The average Bonchev–Trinajstić information content (AvgIpc) is 2.66. The van der Waals surface area contributed by atoms with Gasteiger partial charge in [-0.25, -0.2) is 4.79 Å². The molecule has 2 N–H and O–H groups in total. The molecular formula is C24H26O3. The Hall–Kier alpha value is -3.03. The molecule has 1 unspecified atom stereocenters. The van der Waals surface area contributed by atoms with E-state index in [1.807, 2.05) is 6.08 Å². The van der Waals surface area contributed by atoms with Gasteiger partial charge >= 0.3 is 5.97 Å². The smallest absolute Gasteiger partial charge is 0.345 e. The van der Waals surface area contributed by atoms with Crippen molar-refractivity contribution in [3.63, 3.8) is 0 Å². The molecule has 0 aliphatic heterocycles. The first kappa shape index (κ1) is 24.0. The summed E-state index contributed by atoms with van der Waals surface area (Å²) in [6, 6.07) is 0. The maximum atomic E-state index is 10.3. The Balaban J connectivity index is 3.57. The molecular weight excluding hydrogens is 336 g/mol. The van der Waals surface area contributed by atoms with E-state index in [0.29, 0.717) is 6.42 Å². The zero-order valence-electron chi connectivity index (χ0n) is 15.7. The molecule has 0 aromatic rings. The maximum absolute atomic E-state index is 10.3. The van der Waals surface area contributed by atoms with Crippen molar-refractivity contribution in [1.29, 1.82) is 0 Å². The Labute approximate surface area is 163 Å². The second kappa shape index (κ2) is 19.3. The fourth-order valence-corrected chi connectivity index (χ4v) is 1.92. The number of aliphatic hydroxyl groups excluding tert-OH is 1. The minimum absolute atomic E-state index is 0.613. The van der Waals surface area contributed by atoms with Crippen LogP contribution in [-0.2, 0) is 4.79 Å². The van der Waals surface area contributed by atoms with Gasteiger partial charge in [-0.15, -0.1) is 6.42 Å². The van der Waals surface area contributed by atoms with Crippen LogP contribution in [0.1, 0.15) is 64.2 Å². The van der Waals surface area contributed by atoms with Crippen molar-refractivity contribution in [2.45, 2.75) is 70.3 Å². The van der Waals surface area contributed by atoms with E-state index in [4.69, 9.17) is 16.6 Å². The summed E-state index contributed by atoms with van der Waals surface area (Å²) in [5.74, 6) is 23.2. The molecule has 3 nitrogen and oxygen atoms in total. The van der Waals surface area contributed by atoms with Gasteiger partial charge in [-0.05, 0) is 55.4 Å². The number of allylic oxidation sites excluding steroid dienone is 2. The number of unbranched alkanes of at least 4 members (excludes halogenated alkanes) is 8. The van der Waals surface area contributed by atoms with Crippen LogP contribution in [-0.4, -0.2) is 22.3 Å². The van der Waals surface area contributed by atoms with Gasteiger partial charge < -0.3 is 10.2 Å². The molecule has 0 amide bonds. The summed E-state index contributed by atoms with van der Waals surface area (Å²) in [7, 11) is 0. The van der Waals surface area contributed by atoms with Crippen LogP contribution in [0.2, 0.25) is 0 Å². The van der Waals surface area contributed by atoms with Gasteiger partial charge in [0, 0.05) is 19.3 Å². The van der Waals surface area contributed by atoms with Crippen molar-refractivity contribution < 1.29 is 15.0 Å². The second-order valence-electron chi connectivity index (χ2n) is 5.64. The SMILES string of the molecule is C#C/C=C/CCCC#CC#CC#CCCCCCCCC#CC(O)C(=O)O. The Morgan fingerprint density at radius 1 is 0.852 bits per heavy atom. The predicted octanol–water partition coefficient (Wildman–Crippen LogP) is 3.54. The van der Waals surface area contributed by atoms with Crippen LogP contribution >= 0.6 is 0 Å². The quantitative estimate of drug-likeness (QED) is 0.462. The first-order valence-electron chi connectivity index (χ1n) is 9.14. The third kappa shape index (κ3) is 19.1. The lowest BCUT2D eigenvalue weighted by atomic mass is 10.1. The van der Waals surface area contributed by atoms with Crippen LogP contribution in [0.5, 0.6) is 0 Å². The highest BCUT2D eigenvalue weighted by molar-refractivity contribution is 5.75. The first-order valence-corrected chi connectivity index (χ1v) is 9.14. The van der Waals surface area contributed by atoms with E-state index in [9.17, 15) is 4.79 Å². The third-order valence-corrected chi connectivity index (χ3v) is 3.33. The maximum Gasteiger partial charge on any atom is 0.345 e. The Bertz CT molecular complexity index is 737. The summed E-state index contributed by atoms with van der Waals surface area (Å²) in [4.78, 5) is 10.3. The van der Waals surface area contributed by atoms with Crippen molar-refractivity contribution in [3.05, 3.63) is 12.2 Å². The largest absolute Gasteiger partial charge is 0.479 e. The fourth-order valence-electron chi connectivity index (χ4n) is 1.92. The lowest BCUT2D eigenvalue weighted by Crippen LogP contribution is -2.16. The van der Waals surface area contributed by atoms with Gasteiger partial charge in [0.15, 0.2) is 0 Å². The molecule has 0 fully saturated rings. The van der Waals surface area contributed by atoms with Gasteiger partial charge in [0.1, 0.15) is 0 Å². The normalized spacial score (nSPS) is 9.93. The number of aliphatic carboxylic acids is 1. The summed E-state index contributed by atoms with van der Waals surface area (Å²) in [6.07, 6.45) is 16.5. The van der Waals surface area contributed by atoms with E-state index < -0.39 is 12.1 Å². The Morgan fingerprint density at radius 3 is 2.00 bits per heavy atom. The molecule has 27 heavy (non-hydrogen) atoms. The Kier molecular flexibility index (Phi) is 17.1. The zero-order valence-corrected chi connectivity index (χ0v) is 15.7. The second-order valence-corrected chi connectivity index (χ2v) is 5.64. The number of hydrogen-bond acceptors (Lipinski definition) is 2. The lowest BCUT2D eigenvalue weighted by molar-refractivity contribution is -0.143. The van der Waals surface area contributed by atoms with Gasteiger partial charge in [-0.2, -0.15) is 0 Å². The van der Waals surface area contributed by atoms with Crippen LogP contribution in [0.15, 0.2) is 12.2 Å². The molecule has 0 aromatic carbocycles. The van der Waals surface area contributed by atoms with Gasteiger partial charge in [-0.1, -0.05) is 54.9 Å². The highest BCUT2D eigenvalue weighted by Gasteiger charge is 2.06. The van der Waals surface area contributed by atoms with E-state index in [1.54, 1.807) is 6.08 Å². The number of carboxylic acid groups (broad SMARTS) is 1. The molecule has 0 saturated carbocycles. The minimum Gasteiger partial charge on any atom is -0.479 e. The van der Waals surface area contributed by atoms with Crippen molar-refractivity contribution in [2.75, 3.05) is 0 Å². The van der Waals surface area contributed by atoms with Crippen LogP contribution in [0.4, 0.5) is 0 Å². The van der Waals surface area contributed by atoms with Crippen molar-refractivity contribution >= 4 is 5.97 Å². The molecule has 3 heteroatoms. The highest BCUT2D eigenvalue weighted by atomic mass is 16.4. The Morgan fingerprint density at radius 2 is 1.41 bits per heavy atom. The molecule has 0 saturated heterocycles. The summed E-state index contributed by atoms with van der Waals surface area (Å²) >= 11 is 0. The first-order chi connectivity index (χ1) is 13.2. The van der Waals surface area contributed by atoms with E-state index in [1.165, 1.54) is 0 Å². The van der Waals surface area contributed by atoms with Gasteiger partial charge in [-0.3, -0.25) is 0 Å². The van der Waals surface area contributed by atoms with E-state index in [0.717, 1.165) is 57.8 Å². The monoisotopic (exact) mass is 362 g/mol. The summed E-state index contributed by atoms with van der Waals surface area (Å²) in [6.45, 7) is 0. The van der Waals surface area contributed by atoms with E-state index in [2.05, 4.69) is 53.3 Å². The minimum atomic E-state index is -1.57. The molecule has 0 heterocycles. The van der Waals surface area contributed by atoms with Crippen molar-refractivity contribution in [2.24, 2.45) is 0 Å². The molecule has 140 valence electrons.